The molecule has 0 saturated carbocycles. The van der Waals surface area contributed by atoms with Gasteiger partial charge in [-0.25, -0.2) is 4.99 Å². The van der Waals surface area contributed by atoms with Crippen LogP contribution in [0.1, 0.15) is 89.5 Å². The van der Waals surface area contributed by atoms with Crippen LogP contribution in [-0.2, 0) is 20.7 Å². The van der Waals surface area contributed by atoms with E-state index in [1.54, 1.807) is 0 Å². The maximum absolute atomic E-state index is 12.2. The zero-order valence-electron chi connectivity index (χ0n) is 32.8. The third-order valence-electron chi connectivity index (χ3n) is 9.44. The van der Waals surface area contributed by atoms with Crippen LogP contribution >= 0.6 is 23.2 Å². The highest BCUT2D eigenvalue weighted by Gasteiger charge is 2.20. The van der Waals surface area contributed by atoms with Crippen LogP contribution in [0.2, 0.25) is 10.0 Å². The first-order valence-electron chi connectivity index (χ1n) is 20.3. The molecule has 1 saturated heterocycles. The summed E-state index contributed by atoms with van der Waals surface area (Å²) >= 11 is 12.6. The van der Waals surface area contributed by atoms with Gasteiger partial charge >= 0.3 is 5.97 Å². The zero-order chi connectivity index (χ0) is 38.8. The van der Waals surface area contributed by atoms with Gasteiger partial charge in [0.25, 0.3) is 0 Å². The number of piperazine rings is 1. The van der Waals surface area contributed by atoms with Gasteiger partial charge in [-0.15, -0.1) is 0 Å². The lowest BCUT2D eigenvalue weighted by Crippen LogP contribution is -2.46. The number of hydrogen-bond acceptors (Lipinski definition) is 7. The van der Waals surface area contributed by atoms with Gasteiger partial charge in [-0.05, 0) is 94.5 Å². The van der Waals surface area contributed by atoms with Crippen LogP contribution in [0.15, 0.2) is 102 Å². The summed E-state index contributed by atoms with van der Waals surface area (Å²) in [6.45, 7) is 8.33. The van der Waals surface area contributed by atoms with E-state index in [2.05, 4.69) is 83.6 Å². The number of halogens is 2. The quantitative estimate of drug-likeness (QED) is 0.0599. The molecule has 0 amide bonds. The molecular formula is C46H61Cl2N3O4. The lowest BCUT2D eigenvalue weighted by Gasteiger charge is -2.36. The molecule has 1 fully saturated rings. The first-order valence-corrected chi connectivity index (χ1v) is 21.1. The highest BCUT2D eigenvalue weighted by Crippen LogP contribution is 2.33. The third kappa shape index (κ3) is 17.7. The van der Waals surface area contributed by atoms with E-state index in [4.69, 9.17) is 42.4 Å². The van der Waals surface area contributed by atoms with Crippen LogP contribution in [0.5, 0.6) is 5.75 Å². The van der Waals surface area contributed by atoms with Crippen LogP contribution in [0.4, 0.5) is 11.4 Å². The highest BCUT2D eigenvalue weighted by atomic mass is 35.5. The van der Waals surface area contributed by atoms with Gasteiger partial charge in [0.05, 0.1) is 28.0 Å². The Hall–Kier alpha value is -3.78. The minimum atomic E-state index is -0.189. The smallest absolute Gasteiger partial charge is 0.305 e. The summed E-state index contributed by atoms with van der Waals surface area (Å²) in [5.74, 6) is 1.31. The van der Waals surface area contributed by atoms with Crippen molar-refractivity contribution in [3.05, 3.63) is 113 Å². The molecule has 0 bridgehead atoms. The molecule has 9 heteroatoms. The highest BCUT2D eigenvalue weighted by molar-refractivity contribution is 6.43. The van der Waals surface area contributed by atoms with Crippen molar-refractivity contribution in [2.45, 2.75) is 90.4 Å². The lowest BCUT2D eigenvalue weighted by atomic mass is 10.0. The Kier molecular flexibility index (Phi) is 21.5. The molecule has 2 aromatic rings. The molecule has 4 rings (SSSR count). The van der Waals surface area contributed by atoms with Crippen molar-refractivity contribution in [3.8, 4) is 5.75 Å². The molecule has 2 aliphatic rings. The first-order chi connectivity index (χ1) is 27.0. The predicted molar refractivity (Wildman–Crippen MR) is 232 cm³/mol. The number of aryl methyl sites for hydroxylation is 1. The van der Waals surface area contributed by atoms with Gasteiger partial charge in [0.1, 0.15) is 19.0 Å². The Morgan fingerprint density at radius 3 is 2.15 bits per heavy atom. The van der Waals surface area contributed by atoms with Gasteiger partial charge < -0.3 is 19.1 Å². The number of esters is 1. The molecule has 2 aliphatic heterocycles. The number of unbranched alkanes of at least 4 members (excludes halogenated alkanes) is 3. The van der Waals surface area contributed by atoms with Crippen molar-refractivity contribution in [2.24, 2.45) is 4.99 Å². The van der Waals surface area contributed by atoms with Gasteiger partial charge in [-0.1, -0.05) is 109 Å². The molecule has 0 N–H and O–H groups in total. The number of hydrogen-bond donors (Lipinski definition) is 0. The number of anilines is 1. The van der Waals surface area contributed by atoms with E-state index in [-0.39, 0.29) is 12.6 Å². The number of aliphatic imine (C=N–C) groups is 1. The average Bonchev–Trinajstić information content (AvgIpc) is 3.20. The number of rotatable bonds is 24. The fourth-order valence-electron chi connectivity index (χ4n) is 6.30. The van der Waals surface area contributed by atoms with Crippen LogP contribution in [0.3, 0.4) is 0 Å². The Morgan fingerprint density at radius 1 is 0.745 bits per heavy atom. The number of fused-ring (bicyclic) bond motifs is 1. The van der Waals surface area contributed by atoms with E-state index >= 15 is 0 Å². The normalized spacial score (nSPS) is 15.2. The molecular weight excluding hydrogens is 729 g/mol. The summed E-state index contributed by atoms with van der Waals surface area (Å²) in [5.41, 5.74) is 3.09. The second-order valence-electron chi connectivity index (χ2n) is 13.8. The van der Waals surface area contributed by atoms with Crippen LogP contribution in [0.25, 0.3) is 0 Å². The Bertz CT molecular complexity index is 1610. The second kappa shape index (κ2) is 26.9. The van der Waals surface area contributed by atoms with E-state index in [0.717, 1.165) is 114 Å². The van der Waals surface area contributed by atoms with Gasteiger partial charge in [-0.2, -0.15) is 0 Å². The molecule has 55 heavy (non-hydrogen) atoms. The summed E-state index contributed by atoms with van der Waals surface area (Å²) in [6, 6.07) is 11.9. The lowest BCUT2D eigenvalue weighted by molar-refractivity contribution is -0.144. The molecule has 0 radical (unpaired) electrons. The topological polar surface area (TPSA) is 63.6 Å². The minimum Gasteiger partial charge on any atom is -0.494 e. The number of carbonyl (C=O) groups is 1. The van der Waals surface area contributed by atoms with Crippen molar-refractivity contribution in [2.75, 3.05) is 57.4 Å². The Morgan fingerprint density at radius 2 is 1.44 bits per heavy atom. The molecule has 0 aliphatic carbocycles. The maximum atomic E-state index is 12.2. The summed E-state index contributed by atoms with van der Waals surface area (Å²) in [6.07, 6.45) is 33.9. The van der Waals surface area contributed by atoms with Gasteiger partial charge in [-0.3, -0.25) is 9.69 Å². The summed E-state index contributed by atoms with van der Waals surface area (Å²) in [7, 11) is 0. The monoisotopic (exact) mass is 789 g/mol. The third-order valence-corrected chi connectivity index (χ3v) is 10.2. The largest absolute Gasteiger partial charge is 0.494 e. The number of allylic oxidation sites excluding steroid dienone is 10. The minimum absolute atomic E-state index is 0.189. The summed E-state index contributed by atoms with van der Waals surface area (Å²) < 4.78 is 17.3. The van der Waals surface area contributed by atoms with Gasteiger partial charge in [0.15, 0.2) is 5.90 Å². The number of benzene rings is 2. The van der Waals surface area contributed by atoms with Crippen LogP contribution in [-0.4, -0.2) is 69.3 Å². The Labute approximate surface area is 340 Å². The van der Waals surface area contributed by atoms with E-state index in [0.29, 0.717) is 35.6 Å². The molecule has 0 aromatic heterocycles. The standard InChI is InChI=1S/C46H61Cl2N3O4/c1-2-3-4-5-6-7-8-9-10-11-12-13-14-15-16-17-18-19-25-45(52)55-37-36-54-44-29-27-39-26-28-40(38-42(39)49-44)53-35-21-20-30-50-31-33-51(34-32-50)43-24-22-23-41(47)46(43)48/h4-5,7-8,10-11,13-14,16-17,22-24,26,28,38H,2-3,6,9,12,15,18-21,25,27,29-37H2,1H3. The van der Waals surface area contributed by atoms with Crippen molar-refractivity contribution < 1.29 is 19.0 Å². The van der Waals surface area contributed by atoms with E-state index in [9.17, 15) is 4.79 Å². The molecule has 2 heterocycles. The van der Waals surface area contributed by atoms with E-state index in [1.165, 1.54) is 18.4 Å². The van der Waals surface area contributed by atoms with Crippen molar-refractivity contribution in [1.29, 1.82) is 0 Å². The average molecular weight is 791 g/mol. The summed E-state index contributed by atoms with van der Waals surface area (Å²) in [4.78, 5) is 21.7. The molecule has 0 unspecified atom stereocenters. The zero-order valence-corrected chi connectivity index (χ0v) is 34.3. The van der Waals surface area contributed by atoms with Gasteiger partial charge in [0, 0.05) is 45.1 Å². The maximum Gasteiger partial charge on any atom is 0.305 e. The Balaban J connectivity index is 0.993. The fourth-order valence-corrected chi connectivity index (χ4v) is 6.71. The molecule has 0 spiro atoms. The molecule has 7 nitrogen and oxygen atoms in total. The number of nitrogens with zero attached hydrogens (tertiary/aromatic N) is 3. The van der Waals surface area contributed by atoms with Gasteiger partial charge in [0.2, 0.25) is 0 Å². The van der Waals surface area contributed by atoms with Crippen molar-refractivity contribution in [1.82, 2.24) is 4.90 Å². The number of carbonyl (C=O) groups excluding carboxylic acids is 1. The first kappa shape index (κ1) is 43.9. The van der Waals surface area contributed by atoms with Crippen molar-refractivity contribution in [3.63, 3.8) is 0 Å². The molecule has 2 aromatic carbocycles. The second-order valence-corrected chi connectivity index (χ2v) is 14.6. The van der Waals surface area contributed by atoms with Crippen molar-refractivity contribution >= 4 is 46.4 Å². The predicted octanol–water partition coefficient (Wildman–Crippen LogP) is 11.8. The fraction of sp³-hybridized carbons (Fsp3) is 0.478. The molecule has 298 valence electrons. The molecule has 0 atom stereocenters. The number of ether oxygens (including phenoxy) is 3. The SMILES string of the molecule is CCCC=CCC=CCC=CCC=CCC=CCCCC(=O)OCCOC1=Nc2cc(OCCCCN3CCN(c4cccc(Cl)c4Cl)CC3)ccc2CC1. The van der Waals surface area contributed by atoms with Crippen LogP contribution in [0, 0.1) is 0 Å². The van der Waals surface area contributed by atoms with Crippen LogP contribution < -0.4 is 9.64 Å². The van der Waals surface area contributed by atoms with E-state index in [1.807, 2.05) is 30.3 Å². The van der Waals surface area contributed by atoms with E-state index < -0.39 is 0 Å². The summed E-state index contributed by atoms with van der Waals surface area (Å²) in [5, 5.41) is 1.24.